The van der Waals surface area contributed by atoms with Crippen molar-refractivity contribution in [3.63, 3.8) is 0 Å². The van der Waals surface area contributed by atoms with Gasteiger partial charge in [-0.1, -0.05) is 36.4 Å². The minimum atomic E-state index is -0.360. The molecule has 0 radical (unpaired) electrons. The van der Waals surface area contributed by atoms with Crippen molar-refractivity contribution in [3.05, 3.63) is 81.7 Å². The van der Waals surface area contributed by atoms with Crippen molar-refractivity contribution in [1.82, 2.24) is 5.32 Å². The molecule has 2 N–H and O–H groups in total. The number of thiocarbonyl (C=S) groups is 1. The molecule has 3 aromatic rings. The fourth-order valence-electron chi connectivity index (χ4n) is 3.85. The summed E-state index contributed by atoms with van der Waals surface area (Å²) in [7, 11) is 0. The van der Waals surface area contributed by atoms with E-state index in [1.165, 1.54) is 16.2 Å². The van der Waals surface area contributed by atoms with Gasteiger partial charge < -0.3 is 14.8 Å². The molecule has 8 heteroatoms. The number of anilines is 1. The number of amides is 1. The normalized spacial score (nSPS) is 12.4. The standard InChI is InChI=1S/C26H26N2O4S2/c1-2-31-25(30)22-20-13-6-7-14-21(20)34-24(22)28-26(33)27-23(29)18-11-8-12-19(15-18)32-16-17-9-4-3-5-10-17/h3-5,8-12,15H,2,6-7,13-14,16H2,1H3,(H2,27,28,29,33). The summed E-state index contributed by atoms with van der Waals surface area (Å²) >= 11 is 6.90. The molecule has 176 valence electrons. The summed E-state index contributed by atoms with van der Waals surface area (Å²) in [5, 5.41) is 6.51. The van der Waals surface area contributed by atoms with Crippen molar-refractivity contribution < 1.29 is 19.1 Å². The van der Waals surface area contributed by atoms with Crippen LogP contribution in [-0.2, 0) is 24.2 Å². The number of carbonyl (C=O) groups excluding carboxylic acids is 2. The van der Waals surface area contributed by atoms with Crippen LogP contribution in [0.25, 0.3) is 0 Å². The van der Waals surface area contributed by atoms with Crippen molar-refractivity contribution >= 4 is 45.5 Å². The summed E-state index contributed by atoms with van der Waals surface area (Å²) in [5.74, 6) is -0.130. The summed E-state index contributed by atoms with van der Waals surface area (Å²) in [6.07, 6.45) is 3.91. The largest absolute Gasteiger partial charge is 0.489 e. The molecule has 0 saturated heterocycles. The third-order valence-electron chi connectivity index (χ3n) is 5.45. The Morgan fingerprint density at radius 1 is 1.06 bits per heavy atom. The summed E-state index contributed by atoms with van der Waals surface area (Å²) < 4.78 is 11.1. The average molecular weight is 495 g/mol. The average Bonchev–Trinajstić information content (AvgIpc) is 3.21. The zero-order valence-corrected chi connectivity index (χ0v) is 20.5. The zero-order valence-electron chi connectivity index (χ0n) is 18.9. The van der Waals surface area contributed by atoms with Crippen molar-refractivity contribution in [3.8, 4) is 5.75 Å². The smallest absolute Gasteiger partial charge is 0.341 e. The topological polar surface area (TPSA) is 76.7 Å². The summed E-state index contributed by atoms with van der Waals surface area (Å²) in [6, 6.07) is 16.8. The molecule has 1 aliphatic carbocycles. The van der Waals surface area contributed by atoms with Gasteiger partial charge >= 0.3 is 5.97 Å². The molecule has 34 heavy (non-hydrogen) atoms. The number of aryl methyl sites for hydroxylation is 1. The zero-order chi connectivity index (χ0) is 23.9. The van der Waals surface area contributed by atoms with Crippen LogP contribution in [0.2, 0.25) is 0 Å². The number of thiophene rings is 1. The van der Waals surface area contributed by atoms with Crippen molar-refractivity contribution in [1.29, 1.82) is 0 Å². The molecular formula is C26H26N2O4S2. The van der Waals surface area contributed by atoms with Crippen molar-refractivity contribution in [2.24, 2.45) is 0 Å². The maximum atomic E-state index is 12.8. The molecule has 1 aromatic heterocycles. The third kappa shape index (κ3) is 5.81. The van der Waals surface area contributed by atoms with E-state index in [1.54, 1.807) is 31.2 Å². The van der Waals surface area contributed by atoms with Gasteiger partial charge in [0.05, 0.1) is 12.2 Å². The quantitative estimate of drug-likeness (QED) is 0.333. The molecule has 1 heterocycles. The van der Waals surface area contributed by atoms with Gasteiger partial charge in [0.2, 0.25) is 0 Å². The maximum absolute atomic E-state index is 12.8. The van der Waals surface area contributed by atoms with Crippen molar-refractivity contribution in [2.45, 2.75) is 39.2 Å². The number of nitrogens with one attached hydrogen (secondary N) is 2. The van der Waals surface area contributed by atoms with E-state index in [1.807, 2.05) is 30.3 Å². The molecule has 0 aliphatic heterocycles. The van der Waals surface area contributed by atoms with E-state index < -0.39 is 0 Å². The first-order valence-corrected chi connectivity index (χ1v) is 12.5. The van der Waals surface area contributed by atoms with Crippen LogP contribution in [0.3, 0.4) is 0 Å². The molecule has 0 fully saturated rings. The first kappa shape index (κ1) is 23.9. The fourth-order valence-corrected chi connectivity index (χ4v) is 5.39. The van der Waals surface area contributed by atoms with Gasteiger partial charge in [-0.2, -0.15) is 0 Å². The summed E-state index contributed by atoms with van der Waals surface area (Å²) in [5.41, 5.74) is 3.04. The van der Waals surface area contributed by atoms with Crippen LogP contribution in [0.15, 0.2) is 54.6 Å². The second-order valence-electron chi connectivity index (χ2n) is 7.85. The van der Waals surface area contributed by atoms with E-state index in [-0.39, 0.29) is 17.0 Å². The molecule has 0 spiro atoms. The minimum absolute atomic E-state index is 0.129. The Bertz CT molecular complexity index is 1190. The van der Waals surface area contributed by atoms with E-state index in [0.717, 1.165) is 36.8 Å². The van der Waals surface area contributed by atoms with Crippen LogP contribution in [-0.4, -0.2) is 23.6 Å². The Kier molecular flexibility index (Phi) is 7.92. The van der Waals surface area contributed by atoms with E-state index in [9.17, 15) is 9.59 Å². The van der Waals surface area contributed by atoms with Crippen molar-refractivity contribution in [2.75, 3.05) is 11.9 Å². The van der Waals surface area contributed by atoms with Crippen LogP contribution in [0.5, 0.6) is 5.75 Å². The van der Waals surface area contributed by atoms with Crippen LogP contribution < -0.4 is 15.4 Å². The summed E-state index contributed by atoms with van der Waals surface area (Å²) in [4.78, 5) is 26.6. The maximum Gasteiger partial charge on any atom is 0.341 e. The molecule has 4 rings (SSSR count). The molecule has 0 saturated carbocycles. The van der Waals surface area contributed by atoms with Crippen LogP contribution >= 0.6 is 23.6 Å². The number of ether oxygens (including phenoxy) is 2. The van der Waals surface area contributed by atoms with E-state index in [0.29, 0.717) is 35.1 Å². The Labute approximate surface area is 208 Å². The monoisotopic (exact) mass is 494 g/mol. The lowest BCUT2D eigenvalue weighted by molar-refractivity contribution is 0.0526. The predicted molar refractivity (Wildman–Crippen MR) is 138 cm³/mol. The van der Waals surface area contributed by atoms with Gasteiger partial charge in [0.1, 0.15) is 17.4 Å². The highest BCUT2D eigenvalue weighted by molar-refractivity contribution is 7.80. The van der Waals surface area contributed by atoms with E-state index >= 15 is 0 Å². The molecular weight excluding hydrogens is 468 g/mol. The molecule has 2 aromatic carbocycles. The summed E-state index contributed by atoms with van der Waals surface area (Å²) in [6.45, 7) is 2.49. The number of benzene rings is 2. The lowest BCUT2D eigenvalue weighted by Gasteiger charge is -2.13. The molecule has 0 unspecified atom stereocenters. The highest BCUT2D eigenvalue weighted by atomic mass is 32.1. The molecule has 0 atom stereocenters. The third-order valence-corrected chi connectivity index (χ3v) is 6.86. The molecule has 6 nitrogen and oxygen atoms in total. The highest BCUT2D eigenvalue weighted by Crippen LogP contribution is 2.38. The van der Waals surface area contributed by atoms with Gasteiger partial charge in [0.15, 0.2) is 5.11 Å². The first-order valence-electron chi connectivity index (χ1n) is 11.3. The van der Waals surface area contributed by atoms with Gasteiger partial charge in [-0.3, -0.25) is 10.1 Å². The van der Waals surface area contributed by atoms with Gasteiger partial charge in [-0.05, 0) is 74.2 Å². The van der Waals surface area contributed by atoms with Crippen LogP contribution in [0, 0.1) is 0 Å². The Morgan fingerprint density at radius 2 is 1.85 bits per heavy atom. The van der Waals surface area contributed by atoms with Gasteiger partial charge in [0, 0.05) is 10.4 Å². The lowest BCUT2D eigenvalue weighted by Crippen LogP contribution is -2.34. The molecule has 1 aliphatic rings. The second kappa shape index (κ2) is 11.3. The Balaban J connectivity index is 1.42. The second-order valence-corrected chi connectivity index (χ2v) is 9.36. The SMILES string of the molecule is CCOC(=O)c1c(NC(=S)NC(=O)c2cccc(OCc3ccccc3)c2)sc2c1CCCC2. The number of esters is 1. The number of carbonyl (C=O) groups is 2. The predicted octanol–water partition coefficient (Wildman–Crippen LogP) is 5.51. The number of hydrogen-bond donors (Lipinski definition) is 2. The lowest BCUT2D eigenvalue weighted by atomic mass is 9.95. The number of rotatable bonds is 7. The molecule has 0 bridgehead atoms. The Morgan fingerprint density at radius 3 is 2.65 bits per heavy atom. The minimum Gasteiger partial charge on any atom is -0.489 e. The molecule has 1 amide bonds. The number of fused-ring (bicyclic) bond motifs is 1. The van der Waals surface area contributed by atoms with Gasteiger partial charge in [0.25, 0.3) is 5.91 Å². The van der Waals surface area contributed by atoms with Crippen LogP contribution in [0.1, 0.15) is 56.5 Å². The van der Waals surface area contributed by atoms with E-state index in [4.69, 9.17) is 21.7 Å². The fraction of sp³-hybridized carbons (Fsp3) is 0.269. The highest BCUT2D eigenvalue weighted by Gasteiger charge is 2.27. The van der Waals surface area contributed by atoms with Crippen LogP contribution in [0.4, 0.5) is 5.00 Å². The number of hydrogen-bond acceptors (Lipinski definition) is 6. The Hall–Kier alpha value is -3.23. The van der Waals surface area contributed by atoms with E-state index in [2.05, 4.69) is 10.6 Å². The van der Waals surface area contributed by atoms with Gasteiger partial charge in [-0.15, -0.1) is 11.3 Å². The van der Waals surface area contributed by atoms with Gasteiger partial charge in [-0.25, -0.2) is 4.79 Å². The first-order chi connectivity index (χ1) is 16.5.